The van der Waals surface area contributed by atoms with Gasteiger partial charge in [0.05, 0.1) is 5.52 Å². The second-order valence-corrected chi connectivity index (χ2v) is 9.24. The summed E-state index contributed by atoms with van der Waals surface area (Å²) in [4.78, 5) is 2.21. The van der Waals surface area contributed by atoms with Crippen LogP contribution in [0.2, 0.25) is 0 Å². The van der Waals surface area contributed by atoms with E-state index in [1.165, 1.54) is 47.9 Å². The van der Waals surface area contributed by atoms with Crippen molar-refractivity contribution in [2.45, 2.75) is 34.2 Å². The van der Waals surface area contributed by atoms with Crippen molar-refractivity contribution < 1.29 is 0 Å². The summed E-state index contributed by atoms with van der Waals surface area (Å²) in [6.45, 7) is 18.7. The molecule has 0 aliphatic rings. The molecule has 0 saturated heterocycles. The maximum atomic E-state index is 4.11. The molecule has 0 spiro atoms. The minimum Gasteiger partial charge on any atom is -0.374 e. The van der Waals surface area contributed by atoms with Crippen molar-refractivity contribution in [3.05, 3.63) is 84.2 Å². The lowest BCUT2D eigenvalue weighted by Crippen LogP contribution is -2.16. The predicted molar refractivity (Wildman–Crippen MR) is 146 cm³/mol. The topological polar surface area (TPSA) is 8.17 Å². The number of thiophene rings is 1. The van der Waals surface area contributed by atoms with Crippen molar-refractivity contribution in [1.29, 1.82) is 0 Å². The molecule has 164 valence electrons. The monoisotopic (exact) mass is 440 g/mol. The maximum Gasteiger partial charge on any atom is 0.0502 e. The molecule has 4 rings (SSSR count). The number of aryl methyl sites for hydroxylation is 2. The lowest BCUT2D eigenvalue weighted by atomic mass is 9.99. The van der Waals surface area contributed by atoms with Gasteiger partial charge in [0.15, 0.2) is 0 Å². The van der Waals surface area contributed by atoms with Gasteiger partial charge in [-0.2, -0.15) is 0 Å². The van der Waals surface area contributed by atoms with Gasteiger partial charge >= 0.3 is 0 Å². The third-order valence-electron chi connectivity index (χ3n) is 6.47. The van der Waals surface area contributed by atoms with Gasteiger partial charge < -0.3 is 9.47 Å². The predicted octanol–water partition coefficient (Wildman–Crippen LogP) is 8.41. The molecule has 3 heteroatoms. The van der Waals surface area contributed by atoms with E-state index in [9.17, 15) is 0 Å². The van der Waals surface area contributed by atoms with Gasteiger partial charge in [0.2, 0.25) is 0 Å². The van der Waals surface area contributed by atoms with Crippen LogP contribution in [0.15, 0.2) is 67.4 Å². The molecule has 0 atom stereocenters. The molecule has 0 radical (unpaired) electrons. The first kappa shape index (κ1) is 22.2. The number of benzene rings is 2. The summed E-state index contributed by atoms with van der Waals surface area (Å²) >= 11 is 1.87. The molecule has 0 fully saturated rings. The highest BCUT2D eigenvalue weighted by molar-refractivity contribution is 7.25. The van der Waals surface area contributed by atoms with E-state index in [1.54, 1.807) is 0 Å². The van der Waals surface area contributed by atoms with E-state index in [2.05, 4.69) is 99.9 Å². The fourth-order valence-electron chi connectivity index (χ4n) is 4.70. The van der Waals surface area contributed by atoms with Gasteiger partial charge in [-0.15, -0.1) is 11.3 Å². The molecule has 0 N–H and O–H groups in total. The standard InChI is InChI=1S/C29H32N2S/c1-8-13-26-19(6)22-17-24-23-16-20(21(9-2)25(10-3)30(7)11-4)14-15-28(23)32-29(24)18-27(22)31(26)12-5/h8-10,13-18H,2-3,11-12H2,1,4-7H3/b13-8-,25-21-. The molecule has 2 heterocycles. The first-order chi connectivity index (χ1) is 15.5. The van der Waals surface area contributed by atoms with E-state index in [0.29, 0.717) is 0 Å². The molecule has 0 unspecified atom stereocenters. The number of likely N-dealkylation sites (N-methyl/N-ethyl adjacent to an activating group) is 1. The van der Waals surface area contributed by atoms with Gasteiger partial charge in [-0.1, -0.05) is 31.4 Å². The average molecular weight is 441 g/mol. The molecular formula is C29H32N2S. The smallest absolute Gasteiger partial charge is 0.0502 e. The van der Waals surface area contributed by atoms with Crippen molar-refractivity contribution in [1.82, 2.24) is 9.47 Å². The summed E-state index contributed by atoms with van der Waals surface area (Å²) in [7, 11) is 2.10. The summed E-state index contributed by atoms with van der Waals surface area (Å²) in [5.41, 5.74) is 7.39. The summed E-state index contributed by atoms with van der Waals surface area (Å²) in [6.07, 6.45) is 8.24. The lowest BCUT2D eigenvalue weighted by molar-refractivity contribution is 0.458. The SMILES string of the molecule is C=C/C(=C(\C=C)N(C)CC)c1ccc2sc3cc4c(cc3c2c1)c(C)c(/C=C\C)n4CC. The Morgan fingerprint density at radius 1 is 1.03 bits per heavy atom. The highest BCUT2D eigenvalue weighted by atomic mass is 32.1. The molecule has 0 bridgehead atoms. The molecule has 2 aromatic heterocycles. The van der Waals surface area contributed by atoms with Crippen LogP contribution >= 0.6 is 11.3 Å². The Kier molecular flexibility index (Phi) is 6.12. The number of rotatable bonds is 7. The van der Waals surface area contributed by atoms with E-state index in [-0.39, 0.29) is 0 Å². The Morgan fingerprint density at radius 2 is 1.78 bits per heavy atom. The number of fused-ring (bicyclic) bond motifs is 4. The number of allylic oxidation sites excluding steroid dienone is 4. The number of hydrogen-bond donors (Lipinski definition) is 0. The van der Waals surface area contributed by atoms with Crippen LogP contribution in [0.1, 0.15) is 37.6 Å². The third kappa shape index (κ3) is 3.41. The first-order valence-electron chi connectivity index (χ1n) is 11.3. The minimum absolute atomic E-state index is 0.919. The Balaban J connectivity index is 2.02. The van der Waals surface area contributed by atoms with Crippen LogP contribution in [0, 0.1) is 6.92 Å². The summed E-state index contributed by atoms with van der Waals surface area (Å²) in [5.74, 6) is 0. The Hall–Kier alpha value is -3.04. The number of aromatic nitrogens is 1. The van der Waals surface area contributed by atoms with E-state index in [0.717, 1.165) is 24.4 Å². The molecule has 0 saturated carbocycles. The lowest BCUT2D eigenvalue weighted by Gasteiger charge is -2.21. The zero-order valence-electron chi connectivity index (χ0n) is 19.8. The zero-order valence-corrected chi connectivity index (χ0v) is 20.6. The van der Waals surface area contributed by atoms with Gasteiger partial charge in [-0.05, 0) is 75.2 Å². The molecule has 0 amide bonds. The Labute approximate surface area is 195 Å². The highest BCUT2D eigenvalue weighted by Crippen LogP contribution is 2.40. The van der Waals surface area contributed by atoms with Crippen LogP contribution in [0.25, 0.3) is 42.7 Å². The van der Waals surface area contributed by atoms with E-state index < -0.39 is 0 Å². The van der Waals surface area contributed by atoms with Crippen LogP contribution in [0.5, 0.6) is 0 Å². The van der Waals surface area contributed by atoms with Crippen LogP contribution in [0.4, 0.5) is 0 Å². The number of hydrogen-bond acceptors (Lipinski definition) is 2. The number of nitrogens with zero attached hydrogens (tertiary/aromatic N) is 2. The summed E-state index contributed by atoms with van der Waals surface area (Å²) < 4.78 is 5.08. The second kappa shape index (κ2) is 8.84. The van der Waals surface area contributed by atoms with E-state index in [4.69, 9.17) is 0 Å². The van der Waals surface area contributed by atoms with Crippen LogP contribution in [-0.2, 0) is 6.54 Å². The molecule has 0 aliphatic heterocycles. The normalized spacial score (nSPS) is 12.8. The highest BCUT2D eigenvalue weighted by Gasteiger charge is 2.16. The van der Waals surface area contributed by atoms with Gasteiger partial charge in [0.25, 0.3) is 0 Å². The van der Waals surface area contributed by atoms with Crippen molar-refractivity contribution in [3.8, 4) is 0 Å². The largest absolute Gasteiger partial charge is 0.374 e. The van der Waals surface area contributed by atoms with E-state index in [1.807, 2.05) is 23.5 Å². The minimum atomic E-state index is 0.919. The Bertz CT molecular complexity index is 1410. The fourth-order valence-corrected chi connectivity index (χ4v) is 5.80. The van der Waals surface area contributed by atoms with Crippen LogP contribution < -0.4 is 0 Å². The van der Waals surface area contributed by atoms with Crippen molar-refractivity contribution in [2.24, 2.45) is 0 Å². The second-order valence-electron chi connectivity index (χ2n) is 8.15. The third-order valence-corrected chi connectivity index (χ3v) is 7.60. The Morgan fingerprint density at radius 3 is 2.41 bits per heavy atom. The first-order valence-corrected chi connectivity index (χ1v) is 12.1. The van der Waals surface area contributed by atoms with Gasteiger partial charge in [0.1, 0.15) is 0 Å². The van der Waals surface area contributed by atoms with Crippen LogP contribution in [0.3, 0.4) is 0 Å². The molecule has 0 aliphatic carbocycles. The quantitative estimate of drug-likeness (QED) is 0.262. The van der Waals surface area contributed by atoms with Crippen molar-refractivity contribution in [3.63, 3.8) is 0 Å². The summed E-state index contributed by atoms with van der Waals surface area (Å²) in [6, 6.07) is 11.6. The molecule has 4 aromatic rings. The average Bonchev–Trinajstić information content (AvgIpc) is 3.29. The molecule has 2 aromatic carbocycles. The molecule has 32 heavy (non-hydrogen) atoms. The van der Waals surface area contributed by atoms with Gasteiger partial charge in [-0.3, -0.25) is 0 Å². The van der Waals surface area contributed by atoms with Crippen molar-refractivity contribution in [2.75, 3.05) is 13.6 Å². The zero-order chi connectivity index (χ0) is 23.0. The molecular weight excluding hydrogens is 408 g/mol. The molecule has 2 nitrogen and oxygen atoms in total. The van der Waals surface area contributed by atoms with E-state index >= 15 is 0 Å². The summed E-state index contributed by atoms with van der Waals surface area (Å²) in [5, 5.41) is 3.98. The van der Waals surface area contributed by atoms with Gasteiger partial charge in [0, 0.05) is 62.7 Å². The van der Waals surface area contributed by atoms with Gasteiger partial charge in [-0.25, -0.2) is 0 Å². The van der Waals surface area contributed by atoms with Crippen molar-refractivity contribution >= 4 is 54.1 Å². The van der Waals surface area contributed by atoms with Crippen LogP contribution in [-0.4, -0.2) is 23.1 Å². The fraction of sp³-hybridized carbons (Fsp3) is 0.241. The maximum absolute atomic E-state index is 4.11.